The maximum atomic E-state index is 5.30. The van der Waals surface area contributed by atoms with Gasteiger partial charge in [-0.2, -0.15) is 11.8 Å². The fourth-order valence-corrected chi connectivity index (χ4v) is 3.24. The zero-order chi connectivity index (χ0) is 10.3. The van der Waals surface area contributed by atoms with Gasteiger partial charge in [-0.25, -0.2) is 0 Å². The van der Waals surface area contributed by atoms with Crippen molar-refractivity contribution >= 4 is 11.8 Å². The van der Waals surface area contributed by atoms with Crippen molar-refractivity contribution in [2.75, 3.05) is 31.3 Å². The maximum Gasteiger partial charge on any atom is 0.0650 e. The van der Waals surface area contributed by atoms with Gasteiger partial charge in [0.1, 0.15) is 0 Å². The van der Waals surface area contributed by atoms with E-state index in [0.717, 1.165) is 32.2 Å². The molecular weight excluding hydrogens is 206 g/mol. The summed E-state index contributed by atoms with van der Waals surface area (Å²) in [5.41, 5.74) is 1.58. The highest BCUT2D eigenvalue weighted by Gasteiger charge is 2.12. The molecule has 0 aromatic rings. The summed E-state index contributed by atoms with van der Waals surface area (Å²) in [7, 11) is 0. The molecule has 3 heteroatoms. The Labute approximate surface area is 96.8 Å². The van der Waals surface area contributed by atoms with Gasteiger partial charge in [0.15, 0.2) is 0 Å². The monoisotopic (exact) mass is 227 g/mol. The van der Waals surface area contributed by atoms with E-state index in [1.165, 1.54) is 30.8 Å². The molecule has 0 aromatic carbocycles. The first kappa shape index (κ1) is 11.5. The maximum absolute atomic E-state index is 5.30. The molecule has 0 atom stereocenters. The van der Waals surface area contributed by atoms with Gasteiger partial charge in [0.05, 0.1) is 13.2 Å². The lowest BCUT2D eigenvalue weighted by Crippen LogP contribution is -2.33. The molecule has 0 radical (unpaired) electrons. The molecule has 0 spiro atoms. The first-order chi connectivity index (χ1) is 7.45. The van der Waals surface area contributed by atoms with Crippen LogP contribution in [0.1, 0.15) is 25.7 Å². The SMILES string of the molecule is C1=C(CCNC2CCSCC2)CCOC1. The lowest BCUT2D eigenvalue weighted by Gasteiger charge is -2.23. The molecule has 0 saturated carbocycles. The molecule has 2 aliphatic heterocycles. The lowest BCUT2D eigenvalue weighted by molar-refractivity contribution is 0.153. The molecule has 0 bridgehead atoms. The number of nitrogens with one attached hydrogen (secondary N) is 1. The van der Waals surface area contributed by atoms with Crippen LogP contribution in [0.4, 0.5) is 0 Å². The Bertz CT molecular complexity index is 212. The molecule has 2 aliphatic rings. The van der Waals surface area contributed by atoms with Crippen LogP contribution < -0.4 is 5.32 Å². The predicted molar refractivity (Wildman–Crippen MR) is 66.5 cm³/mol. The molecule has 2 rings (SSSR count). The van der Waals surface area contributed by atoms with E-state index < -0.39 is 0 Å². The minimum Gasteiger partial charge on any atom is -0.377 e. The summed E-state index contributed by atoms with van der Waals surface area (Å²) < 4.78 is 5.30. The van der Waals surface area contributed by atoms with Crippen LogP contribution >= 0.6 is 11.8 Å². The smallest absolute Gasteiger partial charge is 0.0650 e. The zero-order valence-corrected chi connectivity index (χ0v) is 10.2. The molecule has 2 heterocycles. The van der Waals surface area contributed by atoms with Crippen molar-refractivity contribution in [3.8, 4) is 0 Å². The minimum atomic E-state index is 0.784. The van der Waals surface area contributed by atoms with Crippen LogP contribution in [-0.2, 0) is 4.74 Å². The average Bonchev–Trinajstić information content (AvgIpc) is 2.32. The molecule has 1 N–H and O–H groups in total. The van der Waals surface area contributed by atoms with E-state index in [9.17, 15) is 0 Å². The Morgan fingerprint density at radius 2 is 2.27 bits per heavy atom. The van der Waals surface area contributed by atoms with Crippen molar-refractivity contribution in [1.29, 1.82) is 0 Å². The number of thioether (sulfide) groups is 1. The summed E-state index contributed by atoms with van der Waals surface area (Å²) >= 11 is 2.09. The van der Waals surface area contributed by atoms with Crippen LogP contribution in [0.5, 0.6) is 0 Å². The summed E-state index contributed by atoms with van der Waals surface area (Å²) in [6.45, 7) is 2.91. The van der Waals surface area contributed by atoms with Gasteiger partial charge in [-0.1, -0.05) is 11.6 Å². The summed E-state index contributed by atoms with van der Waals surface area (Å²) in [6, 6.07) is 0.784. The van der Waals surface area contributed by atoms with E-state index in [2.05, 4.69) is 23.2 Å². The van der Waals surface area contributed by atoms with E-state index in [-0.39, 0.29) is 0 Å². The molecule has 15 heavy (non-hydrogen) atoms. The molecule has 0 aliphatic carbocycles. The molecule has 2 nitrogen and oxygen atoms in total. The molecule has 0 unspecified atom stereocenters. The molecule has 1 fully saturated rings. The zero-order valence-electron chi connectivity index (χ0n) is 9.34. The predicted octanol–water partition coefficient (Wildman–Crippen LogP) is 2.21. The van der Waals surface area contributed by atoms with E-state index >= 15 is 0 Å². The summed E-state index contributed by atoms with van der Waals surface area (Å²) in [6.07, 6.45) is 7.32. The molecule has 0 aromatic heterocycles. The molecular formula is C12H21NOS. The fraction of sp³-hybridized carbons (Fsp3) is 0.833. The van der Waals surface area contributed by atoms with Crippen LogP contribution in [-0.4, -0.2) is 37.3 Å². The highest BCUT2D eigenvalue weighted by molar-refractivity contribution is 7.99. The van der Waals surface area contributed by atoms with Gasteiger partial charge in [-0.3, -0.25) is 0 Å². The van der Waals surface area contributed by atoms with Crippen molar-refractivity contribution in [2.24, 2.45) is 0 Å². The summed E-state index contributed by atoms with van der Waals surface area (Å²) in [5, 5.41) is 3.67. The molecule has 86 valence electrons. The minimum absolute atomic E-state index is 0.784. The topological polar surface area (TPSA) is 21.3 Å². The van der Waals surface area contributed by atoms with Gasteiger partial charge >= 0.3 is 0 Å². The van der Waals surface area contributed by atoms with Crippen molar-refractivity contribution in [2.45, 2.75) is 31.7 Å². The second-order valence-corrected chi connectivity index (χ2v) is 5.50. The standard InChI is InChI=1S/C12H21NOS/c1(11-2-7-14-8-3-11)6-13-12-4-9-15-10-5-12/h2,12-13H,1,3-10H2. The quantitative estimate of drug-likeness (QED) is 0.744. The molecule has 0 amide bonds. The summed E-state index contributed by atoms with van der Waals surface area (Å²) in [4.78, 5) is 0. The highest BCUT2D eigenvalue weighted by Crippen LogP contribution is 2.17. The van der Waals surface area contributed by atoms with E-state index in [1.807, 2.05) is 0 Å². The Kier molecular flexibility index (Phi) is 5.03. The number of ether oxygens (including phenoxy) is 1. The second kappa shape index (κ2) is 6.56. The third-order valence-electron chi connectivity index (χ3n) is 3.16. The number of hydrogen-bond acceptors (Lipinski definition) is 3. The molecule has 1 saturated heterocycles. The van der Waals surface area contributed by atoms with Gasteiger partial charge in [0.25, 0.3) is 0 Å². The van der Waals surface area contributed by atoms with Crippen molar-refractivity contribution < 1.29 is 4.74 Å². The van der Waals surface area contributed by atoms with Crippen molar-refractivity contribution in [3.63, 3.8) is 0 Å². The van der Waals surface area contributed by atoms with E-state index in [1.54, 1.807) is 5.57 Å². The highest BCUT2D eigenvalue weighted by atomic mass is 32.2. The fourth-order valence-electron chi connectivity index (χ4n) is 2.13. The van der Waals surface area contributed by atoms with Gasteiger partial charge in [-0.05, 0) is 43.7 Å². The second-order valence-electron chi connectivity index (χ2n) is 4.28. The lowest BCUT2D eigenvalue weighted by atomic mass is 10.1. The van der Waals surface area contributed by atoms with Crippen LogP contribution in [0.25, 0.3) is 0 Å². The van der Waals surface area contributed by atoms with Gasteiger partial charge in [0, 0.05) is 6.04 Å². The van der Waals surface area contributed by atoms with Crippen LogP contribution in [0.2, 0.25) is 0 Å². The summed E-state index contributed by atoms with van der Waals surface area (Å²) in [5.74, 6) is 2.68. The van der Waals surface area contributed by atoms with E-state index in [0.29, 0.717) is 0 Å². The third-order valence-corrected chi connectivity index (χ3v) is 4.21. The first-order valence-electron chi connectivity index (χ1n) is 6.02. The van der Waals surface area contributed by atoms with Gasteiger partial charge in [0.2, 0.25) is 0 Å². The van der Waals surface area contributed by atoms with Gasteiger partial charge < -0.3 is 10.1 Å². The first-order valence-corrected chi connectivity index (χ1v) is 7.17. The normalized spacial score (nSPS) is 23.9. The Hall–Kier alpha value is 0.01000. The van der Waals surface area contributed by atoms with Gasteiger partial charge in [-0.15, -0.1) is 0 Å². The number of rotatable bonds is 4. The third kappa shape index (κ3) is 4.17. The van der Waals surface area contributed by atoms with Crippen LogP contribution in [0.3, 0.4) is 0 Å². The largest absolute Gasteiger partial charge is 0.377 e. The van der Waals surface area contributed by atoms with Crippen molar-refractivity contribution in [3.05, 3.63) is 11.6 Å². The Balaban J connectivity index is 1.59. The van der Waals surface area contributed by atoms with Crippen molar-refractivity contribution in [1.82, 2.24) is 5.32 Å². The van der Waals surface area contributed by atoms with Crippen LogP contribution in [0, 0.1) is 0 Å². The van der Waals surface area contributed by atoms with E-state index in [4.69, 9.17) is 4.74 Å². The average molecular weight is 227 g/mol. The van der Waals surface area contributed by atoms with Crippen LogP contribution in [0.15, 0.2) is 11.6 Å². The number of hydrogen-bond donors (Lipinski definition) is 1. The Morgan fingerprint density at radius 3 is 3.00 bits per heavy atom. The Morgan fingerprint density at radius 1 is 1.40 bits per heavy atom.